The molecule has 0 saturated carbocycles. The molecule has 0 fully saturated rings. The van der Waals surface area contributed by atoms with Gasteiger partial charge in [-0.2, -0.15) is 0 Å². The third-order valence-electron chi connectivity index (χ3n) is 3.70. The van der Waals surface area contributed by atoms with Gasteiger partial charge in [0.05, 0.1) is 17.9 Å². The lowest BCUT2D eigenvalue weighted by molar-refractivity contribution is 0.102. The normalized spacial score (nSPS) is 10.2. The summed E-state index contributed by atoms with van der Waals surface area (Å²) in [6.45, 7) is 2.60. The van der Waals surface area contributed by atoms with E-state index in [-0.39, 0.29) is 5.91 Å². The van der Waals surface area contributed by atoms with Gasteiger partial charge >= 0.3 is 0 Å². The van der Waals surface area contributed by atoms with Gasteiger partial charge in [-0.15, -0.1) is 0 Å². The number of hydrogen-bond donors (Lipinski definition) is 1. The van der Waals surface area contributed by atoms with E-state index < -0.39 is 0 Å². The maximum atomic E-state index is 12.8. The Morgan fingerprint density at radius 3 is 2.27 bits per heavy atom. The van der Waals surface area contributed by atoms with Gasteiger partial charge in [-0.3, -0.25) is 4.79 Å². The van der Waals surface area contributed by atoms with Crippen molar-refractivity contribution in [3.05, 3.63) is 84.4 Å². The lowest BCUT2D eigenvalue weighted by atomic mass is 10.1. The molecule has 0 radical (unpaired) electrons. The topological polar surface area (TPSA) is 47.6 Å². The molecule has 4 nitrogen and oxygen atoms in total. The number of anilines is 1. The SMILES string of the molecule is CCCOc1ccccc1C(=O)Nc1ccccc1Oc1ccccc1. The van der Waals surface area contributed by atoms with Gasteiger partial charge < -0.3 is 14.8 Å². The fraction of sp³-hybridized carbons (Fsp3) is 0.136. The molecule has 3 rings (SSSR count). The lowest BCUT2D eigenvalue weighted by Gasteiger charge is -2.14. The maximum absolute atomic E-state index is 12.8. The molecule has 0 aliphatic rings. The first-order chi connectivity index (χ1) is 12.8. The monoisotopic (exact) mass is 347 g/mol. The van der Waals surface area contributed by atoms with Crippen molar-refractivity contribution in [3.63, 3.8) is 0 Å². The summed E-state index contributed by atoms with van der Waals surface area (Å²) >= 11 is 0. The second kappa shape index (κ2) is 8.72. The van der Waals surface area contributed by atoms with Crippen LogP contribution in [-0.2, 0) is 0 Å². The standard InChI is InChI=1S/C22H21NO3/c1-2-16-25-20-14-8-6-12-18(20)22(24)23-19-13-7-9-15-21(19)26-17-10-4-3-5-11-17/h3-15H,2,16H2,1H3,(H,23,24). The molecular formula is C22H21NO3. The summed E-state index contributed by atoms with van der Waals surface area (Å²) in [5.74, 6) is 1.63. The van der Waals surface area contributed by atoms with Crippen LogP contribution in [0, 0.1) is 0 Å². The van der Waals surface area contributed by atoms with Crippen molar-refractivity contribution in [2.45, 2.75) is 13.3 Å². The number of benzene rings is 3. The molecule has 0 aliphatic heterocycles. The van der Waals surface area contributed by atoms with Crippen LogP contribution in [0.1, 0.15) is 23.7 Å². The third kappa shape index (κ3) is 4.42. The van der Waals surface area contributed by atoms with Crippen LogP contribution in [0.4, 0.5) is 5.69 Å². The summed E-state index contributed by atoms with van der Waals surface area (Å²) < 4.78 is 11.6. The minimum absolute atomic E-state index is 0.235. The molecular weight excluding hydrogens is 326 g/mol. The molecule has 1 N–H and O–H groups in total. The van der Waals surface area contributed by atoms with Crippen LogP contribution in [0.5, 0.6) is 17.2 Å². The predicted molar refractivity (Wildman–Crippen MR) is 103 cm³/mol. The van der Waals surface area contributed by atoms with Crippen molar-refractivity contribution in [3.8, 4) is 17.2 Å². The van der Waals surface area contributed by atoms with Crippen LogP contribution in [-0.4, -0.2) is 12.5 Å². The Morgan fingerprint density at radius 1 is 0.846 bits per heavy atom. The molecule has 4 heteroatoms. The zero-order valence-corrected chi connectivity index (χ0v) is 14.6. The zero-order valence-electron chi connectivity index (χ0n) is 14.6. The van der Waals surface area contributed by atoms with Crippen LogP contribution in [0.25, 0.3) is 0 Å². The van der Waals surface area contributed by atoms with Gasteiger partial charge in [-0.25, -0.2) is 0 Å². The summed E-state index contributed by atoms with van der Waals surface area (Å²) in [7, 11) is 0. The molecule has 0 aromatic heterocycles. The Morgan fingerprint density at radius 2 is 1.50 bits per heavy atom. The highest BCUT2D eigenvalue weighted by Gasteiger charge is 2.14. The van der Waals surface area contributed by atoms with Crippen molar-refractivity contribution in [2.75, 3.05) is 11.9 Å². The molecule has 0 aliphatic carbocycles. The Labute approximate surface area is 153 Å². The van der Waals surface area contributed by atoms with Crippen molar-refractivity contribution >= 4 is 11.6 Å². The lowest BCUT2D eigenvalue weighted by Crippen LogP contribution is -2.14. The van der Waals surface area contributed by atoms with E-state index in [1.807, 2.05) is 73.7 Å². The number of amides is 1. The Kier molecular flexibility index (Phi) is 5.88. The van der Waals surface area contributed by atoms with Gasteiger partial charge in [0, 0.05) is 0 Å². The van der Waals surface area contributed by atoms with Crippen LogP contribution in [0.3, 0.4) is 0 Å². The number of carbonyl (C=O) groups is 1. The van der Waals surface area contributed by atoms with Gasteiger partial charge in [-0.1, -0.05) is 49.4 Å². The molecule has 0 atom stereocenters. The van der Waals surface area contributed by atoms with Crippen molar-refractivity contribution < 1.29 is 14.3 Å². The van der Waals surface area contributed by atoms with E-state index in [0.717, 1.165) is 6.42 Å². The van der Waals surface area contributed by atoms with Crippen LogP contribution < -0.4 is 14.8 Å². The number of carbonyl (C=O) groups excluding carboxylic acids is 1. The highest BCUT2D eigenvalue weighted by atomic mass is 16.5. The van der Waals surface area contributed by atoms with Gasteiger partial charge in [0.1, 0.15) is 11.5 Å². The molecule has 0 bridgehead atoms. The summed E-state index contributed by atoms with van der Waals surface area (Å²) in [6.07, 6.45) is 0.879. The van der Waals surface area contributed by atoms with Gasteiger partial charge in [0.15, 0.2) is 5.75 Å². The average molecular weight is 347 g/mol. The minimum atomic E-state index is -0.235. The molecule has 132 valence electrons. The van der Waals surface area contributed by atoms with E-state index in [1.165, 1.54) is 0 Å². The van der Waals surface area contributed by atoms with Gasteiger partial charge in [0.2, 0.25) is 0 Å². The highest BCUT2D eigenvalue weighted by molar-refractivity contribution is 6.06. The van der Waals surface area contributed by atoms with Crippen LogP contribution in [0.2, 0.25) is 0 Å². The van der Waals surface area contributed by atoms with Crippen molar-refractivity contribution in [1.29, 1.82) is 0 Å². The summed E-state index contributed by atoms with van der Waals surface area (Å²) in [5.41, 5.74) is 1.10. The molecule has 26 heavy (non-hydrogen) atoms. The molecule has 0 saturated heterocycles. The molecule has 3 aromatic rings. The van der Waals surface area contributed by atoms with E-state index in [0.29, 0.717) is 35.1 Å². The smallest absolute Gasteiger partial charge is 0.259 e. The first-order valence-corrected chi connectivity index (χ1v) is 8.63. The Hall–Kier alpha value is -3.27. The molecule has 1 amide bonds. The zero-order chi connectivity index (χ0) is 18.2. The van der Waals surface area contributed by atoms with E-state index in [1.54, 1.807) is 12.1 Å². The van der Waals surface area contributed by atoms with Crippen molar-refractivity contribution in [1.82, 2.24) is 0 Å². The second-order valence-corrected chi connectivity index (χ2v) is 5.71. The first-order valence-electron chi connectivity index (χ1n) is 8.63. The van der Waals surface area contributed by atoms with E-state index in [2.05, 4.69) is 5.32 Å². The van der Waals surface area contributed by atoms with E-state index >= 15 is 0 Å². The fourth-order valence-corrected chi connectivity index (χ4v) is 2.46. The molecule has 0 unspecified atom stereocenters. The van der Waals surface area contributed by atoms with Crippen LogP contribution in [0.15, 0.2) is 78.9 Å². The third-order valence-corrected chi connectivity index (χ3v) is 3.70. The number of rotatable bonds is 7. The quantitative estimate of drug-likeness (QED) is 0.612. The van der Waals surface area contributed by atoms with Gasteiger partial charge in [-0.05, 0) is 42.8 Å². The second-order valence-electron chi connectivity index (χ2n) is 5.71. The number of para-hydroxylation sites is 4. The van der Waals surface area contributed by atoms with E-state index in [4.69, 9.17) is 9.47 Å². The van der Waals surface area contributed by atoms with Crippen molar-refractivity contribution in [2.24, 2.45) is 0 Å². The Bertz CT molecular complexity index is 862. The summed E-state index contributed by atoms with van der Waals surface area (Å²) in [5, 5.41) is 2.92. The first kappa shape index (κ1) is 17.5. The molecule has 0 spiro atoms. The molecule has 3 aromatic carbocycles. The number of ether oxygens (including phenoxy) is 2. The number of nitrogens with one attached hydrogen (secondary N) is 1. The minimum Gasteiger partial charge on any atom is -0.493 e. The summed E-state index contributed by atoms with van der Waals surface area (Å²) in [6, 6.07) is 24.0. The summed E-state index contributed by atoms with van der Waals surface area (Å²) in [4.78, 5) is 12.8. The highest BCUT2D eigenvalue weighted by Crippen LogP contribution is 2.30. The van der Waals surface area contributed by atoms with Gasteiger partial charge in [0.25, 0.3) is 5.91 Å². The average Bonchev–Trinajstić information content (AvgIpc) is 2.69. The van der Waals surface area contributed by atoms with Crippen LogP contribution >= 0.6 is 0 Å². The molecule has 0 heterocycles. The van der Waals surface area contributed by atoms with E-state index in [9.17, 15) is 4.79 Å². The predicted octanol–water partition coefficient (Wildman–Crippen LogP) is 5.52. The largest absolute Gasteiger partial charge is 0.493 e. The fourth-order valence-electron chi connectivity index (χ4n) is 2.46. The number of hydrogen-bond acceptors (Lipinski definition) is 3. The maximum Gasteiger partial charge on any atom is 0.259 e. The Balaban J connectivity index is 1.80.